The molecule has 1 aromatic rings. The van der Waals surface area contributed by atoms with Gasteiger partial charge in [0.25, 0.3) is 0 Å². The van der Waals surface area contributed by atoms with Gasteiger partial charge in [-0.3, -0.25) is 4.79 Å². The number of rotatable bonds is 4. The second kappa shape index (κ2) is 7.06. The van der Waals surface area contributed by atoms with Crippen molar-refractivity contribution in [1.82, 2.24) is 14.9 Å². The van der Waals surface area contributed by atoms with Crippen molar-refractivity contribution >= 4 is 43.5 Å². The third-order valence-electron chi connectivity index (χ3n) is 3.08. The van der Waals surface area contributed by atoms with E-state index in [2.05, 4.69) is 26.0 Å². The van der Waals surface area contributed by atoms with Crippen LogP contribution in [0.4, 0.5) is 0 Å². The molecule has 1 heterocycles. The Bertz CT molecular complexity index is 633. The van der Waals surface area contributed by atoms with Crippen LogP contribution in [0.25, 0.3) is 0 Å². The van der Waals surface area contributed by atoms with Crippen molar-refractivity contribution in [3.05, 3.63) is 27.7 Å². The topological polar surface area (TPSA) is 78.5 Å². The maximum atomic E-state index is 12.1. The maximum absolute atomic E-state index is 12.1. The van der Waals surface area contributed by atoms with E-state index in [1.54, 1.807) is 4.90 Å². The van der Waals surface area contributed by atoms with Gasteiger partial charge < -0.3 is 10.2 Å². The third kappa shape index (κ3) is 4.40. The van der Waals surface area contributed by atoms with E-state index in [0.29, 0.717) is 22.6 Å². The number of carbonyl (C=O) groups is 1. The van der Waals surface area contributed by atoms with Crippen LogP contribution >= 0.6 is 27.5 Å². The van der Waals surface area contributed by atoms with Crippen LogP contribution in [0, 0.1) is 0 Å². The Morgan fingerprint density at radius 2 is 2.05 bits per heavy atom. The normalized spacial score (nSPS) is 16.0. The Morgan fingerprint density at radius 3 is 2.67 bits per heavy atom. The predicted molar refractivity (Wildman–Crippen MR) is 83.8 cm³/mol. The van der Waals surface area contributed by atoms with E-state index in [0.717, 1.165) is 13.1 Å². The minimum Gasteiger partial charge on any atom is -0.339 e. The van der Waals surface area contributed by atoms with E-state index in [9.17, 15) is 13.2 Å². The number of sulfonamides is 1. The van der Waals surface area contributed by atoms with Gasteiger partial charge in [0.2, 0.25) is 15.9 Å². The summed E-state index contributed by atoms with van der Waals surface area (Å²) in [6.07, 6.45) is 0. The Kier molecular flexibility index (Phi) is 5.61. The molecule has 1 aliphatic rings. The van der Waals surface area contributed by atoms with Crippen molar-refractivity contribution in [3.8, 4) is 0 Å². The number of benzene rings is 1. The molecule has 9 heteroatoms. The standard InChI is InChI=1S/C12H15BrClN3O3S/c13-10-7-9(1-2-11(10)14)21(19,20)16-8-12(18)17-5-3-15-4-6-17/h1-2,7,15-16H,3-6,8H2. The predicted octanol–water partition coefficient (Wildman–Crippen LogP) is 0.813. The summed E-state index contributed by atoms with van der Waals surface area (Å²) >= 11 is 9.01. The molecule has 1 fully saturated rings. The Labute approximate surface area is 137 Å². The molecule has 0 aromatic heterocycles. The van der Waals surface area contributed by atoms with Crippen molar-refractivity contribution in [2.75, 3.05) is 32.7 Å². The summed E-state index contributed by atoms with van der Waals surface area (Å²) < 4.78 is 27.1. The summed E-state index contributed by atoms with van der Waals surface area (Å²) in [4.78, 5) is 13.6. The molecule has 2 N–H and O–H groups in total. The Morgan fingerprint density at radius 1 is 1.38 bits per heavy atom. The molecule has 6 nitrogen and oxygen atoms in total. The number of nitrogens with one attached hydrogen (secondary N) is 2. The second-order valence-corrected chi connectivity index (χ2v) is 7.56. The third-order valence-corrected chi connectivity index (χ3v) is 5.70. The van der Waals surface area contributed by atoms with E-state index in [4.69, 9.17) is 11.6 Å². The first-order valence-corrected chi connectivity index (χ1v) is 8.99. The molecule has 1 aliphatic heterocycles. The molecule has 1 amide bonds. The molecule has 0 bridgehead atoms. The highest BCUT2D eigenvalue weighted by atomic mass is 79.9. The van der Waals surface area contributed by atoms with E-state index >= 15 is 0 Å². The fourth-order valence-corrected chi connectivity index (χ4v) is 3.56. The first-order valence-electron chi connectivity index (χ1n) is 6.33. The van der Waals surface area contributed by atoms with Gasteiger partial charge in [-0.2, -0.15) is 0 Å². The maximum Gasteiger partial charge on any atom is 0.241 e. The summed E-state index contributed by atoms with van der Waals surface area (Å²) in [5.41, 5.74) is 0. The number of nitrogens with zero attached hydrogens (tertiary/aromatic N) is 1. The average Bonchev–Trinajstić information content (AvgIpc) is 2.48. The second-order valence-electron chi connectivity index (χ2n) is 4.53. The monoisotopic (exact) mass is 395 g/mol. The minimum absolute atomic E-state index is 0.0619. The van der Waals surface area contributed by atoms with Crippen molar-refractivity contribution in [2.45, 2.75) is 4.90 Å². The van der Waals surface area contributed by atoms with Crippen LogP contribution < -0.4 is 10.0 Å². The van der Waals surface area contributed by atoms with Gasteiger partial charge in [0.05, 0.1) is 16.5 Å². The van der Waals surface area contributed by atoms with Gasteiger partial charge in [-0.25, -0.2) is 13.1 Å². The van der Waals surface area contributed by atoms with Gasteiger partial charge in [0.1, 0.15) is 0 Å². The molecule has 1 saturated heterocycles. The van der Waals surface area contributed by atoms with Crippen molar-refractivity contribution in [2.24, 2.45) is 0 Å². The summed E-state index contributed by atoms with van der Waals surface area (Å²) in [6.45, 7) is 2.38. The number of hydrogen-bond donors (Lipinski definition) is 2. The zero-order valence-electron chi connectivity index (χ0n) is 11.1. The molecule has 116 valence electrons. The first-order chi connectivity index (χ1) is 9.90. The van der Waals surface area contributed by atoms with E-state index in [1.807, 2.05) is 0 Å². The summed E-state index contributed by atoms with van der Waals surface area (Å²) in [6, 6.07) is 4.28. The lowest BCUT2D eigenvalue weighted by Gasteiger charge is -2.27. The highest BCUT2D eigenvalue weighted by Crippen LogP contribution is 2.25. The lowest BCUT2D eigenvalue weighted by Crippen LogP contribution is -2.49. The highest BCUT2D eigenvalue weighted by Gasteiger charge is 2.20. The molecular weight excluding hydrogens is 382 g/mol. The van der Waals surface area contributed by atoms with Gasteiger partial charge in [0, 0.05) is 30.7 Å². The summed E-state index contributed by atoms with van der Waals surface area (Å²) in [5, 5.41) is 3.55. The zero-order chi connectivity index (χ0) is 15.5. The fourth-order valence-electron chi connectivity index (χ4n) is 1.91. The number of piperazine rings is 1. The van der Waals surface area contributed by atoms with Crippen LogP contribution in [0.5, 0.6) is 0 Å². The van der Waals surface area contributed by atoms with Crippen molar-refractivity contribution < 1.29 is 13.2 Å². The van der Waals surface area contributed by atoms with E-state index in [-0.39, 0.29) is 17.3 Å². The molecule has 0 radical (unpaired) electrons. The highest BCUT2D eigenvalue weighted by molar-refractivity contribution is 9.10. The molecule has 0 spiro atoms. The molecule has 0 aliphatic carbocycles. The minimum atomic E-state index is -3.74. The molecule has 0 unspecified atom stereocenters. The van der Waals surface area contributed by atoms with Gasteiger partial charge in [-0.15, -0.1) is 0 Å². The summed E-state index contributed by atoms with van der Waals surface area (Å²) in [7, 11) is -3.74. The van der Waals surface area contributed by atoms with Crippen molar-refractivity contribution in [1.29, 1.82) is 0 Å². The molecule has 21 heavy (non-hydrogen) atoms. The van der Waals surface area contributed by atoms with Crippen LogP contribution in [0.2, 0.25) is 5.02 Å². The number of amides is 1. The van der Waals surface area contributed by atoms with Gasteiger partial charge >= 0.3 is 0 Å². The smallest absolute Gasteiger partial charge is 0.241 e. The van der Waals surface area contributed by atoms with Gasteiger partial charge in [0.15, 0.2) is 0 Å². The summed E-state index contributed by atoms with van der Waals surface area (Å²) in [5.74, 6) is -0.229. The van der Waals surface area contributed by atoms with Gasteiger partial charge in [-0.1, -0.05) is 11.6 Å². The van der Waals surface area contributed by atoms with Gasteiger partial charge in [-0.05, 0) is 34.1 Å². The largest absolute Gasteiger partial charge is 0.339 e. The van der Waals surface area contributed by atoms with Crippen LogP contribution in [0.15, 0.2) is 27.6 Å². The molecule has 0 saturated carbocycles. The molecule has 0 atom stereocenters. The van der Waals surface area contributed by atoms with Crippen LogP contribution in [0.1, 0.15) is 0 Å². The number of hydrogen-bond acceptors (Lipinski definition) is 4. The number of halogens is 2. The van der Waals surface area contributed by atoms with Crippen LogP contribution in [-0.4, -0.2) is 51.9 Å². The fraction of sp³-hybridized carbons (Fsp3) is 0.417. The SMILES string of the molecule is O=C(CNS(=O)(=O)c1ccc(Cl)c(Br)c1)N1CCNCC1. The van der Waals surface area contributed by atoms with Crippen LogP contribution in [-0.2, 0) is 14.8 Å². The molecule has 1 aromatic carbocycles. The molecule has 2 rings (SSSR count). The van der Waals surface area contributed by atoms with Crippen molar-refractivity contribution in [3.63, 3.8) is 0 Å². The molecular formula is C12H15BrClN3O3S. The zero-order valence-corrected chi connectivity index (χ0v) is 14.3. The number of carbonyl (C=O) groups excluding carboxylic acids is 1. The Hall–Kier alpha value is -0.670. The first kappa shape index (κ1) is 16.7. The average molecular weight is 397 g/mol. The lowest BCUT2D eigenvalue weighted by molar-refractivity contribution is -0.130. The van der Waals surface area contributed by atoms with E-state index < -0.39 is 10.0 Å². The van der Waals surface area contributed by atoms with Crippen LogP contribution in [0.3, 0.4) is 0 Å². The van der Waals surface area contributed by atoms with E-state index in [1.165, 1.54) is 18.2 Å². The Balaban J connectivity index is 2.00. The quantitative estimate of drug-likeness (QED) is 0.789. The lowest BCUT2D eigenvalue weighted by atomic mass is 10.3.